The zero-order valence-electron chi connectivity index (χ0n) is 12.5. The summed E-state index contributed by atoms with van der Waals surface area (Å²) in [5.74, 6) is 2.05. The van der Waals surface area contributed by atoms with Crippen molar-refractivity contribution < 1.29 is 19.0 Å². The fraction of sp³-hybridized carbons (Fsp3) is 0.533. The number of nitrogens with one attached hydrogen (secondary N) is 1. The van der Waals surface area contributed by atoms with Crippen LogP contribution in [0.15, 0.2) is 12.1 Å². The Kier molecular flexibility index (Phi) is 5.27. The summed E-state index contributed by atoms with van der Waals surface area (Å²) in [6, 6.07) is 3.82. The van der Waals surface area contributed by atoms with E-state index in [1.807, 2.05) is 19.9 Å². The van der Waals surface area contributed by atoms with Gasteiger partial charge < -0.3 is 25.3 Å². The third-order valence-electron chi connectivity index (χ3n) is 3.01. The first-order valence-electron chi connectivity index (χ1n) is 7.15. The number of fused-ring (bicyclic) bond motifs is 1. The molecule has 0 unspecified atom stereocenters. The molecule has 0 fully saturated rings. The van der Waals surface area contributed by atoms with Crippen LogP contribution in [0.4, 0.5) is 0 Å². The van der Waals surface area contributed by atoms with Gasteiger partial charge in [0.15, 0.2) is 11.5 Å². The number of benzene rings is 1. The van der Waals surface area contributed by atoms with Gasteiger partial charge in [-0.25, -0.2) is 0 Å². The minimum Gasteiger partial charge on any atom is -0.493 e. The number of rotatable bonds is 7. The van der Waals surface area contributed by atoms with Crippen LogP contribution < -0.4 is 25.3 Å². The second-order valence-electron chi connectivity index (χ2n) is 5.17. The summed E-state index contributed by atoms with van der Waals surface area (Å²) in [5, 5.41) is 2.83. The average Bonchev–Trinajstić information content (AvgIpc) is 2.85. The second kappa shape index (κ2) is 7.17. The highest BCUT2D eigenvalue weighted by Gasteiger charge is 2.18. The van der Waals surface area contributed by atoms with Crippen molar-refractivity contribution in [3.05, 3.63) is 17.7 Å². The molecule has 0 aromatic heterocycles. The lowest BCUT2D eigenvalue weighted by Crippen LogP contribution is -2.31. The molecular formula is C15H22N2O4. The number of ether oxygens (including phenoxy) is 3. The zero-order valence-corrected chi connectivity index (χ0v) is 12.5. The van der Waals surface area contributed by atoms with Crippen LogP contribution in [0.5, 0.6) is 17.2 Å². The van der Waals surface area contributed by atoms with E-state index in [-0.39, 0.29) is 18.7 Å². The standard InChI is InChI=1S/C15H22N2O4/c1-10(2)17-15(18)4-6-19-12-8-14-13(20-9-21-14)7-11(12)3-5-16/h7-8,10H,3-6,9,16H2,1-2H3,(H,17,18). The van der Waals surface area contributed by atoms with E-state index in [9.17, 15) is 4.79 Å². The van der Waals surface area contributed by atoms with E-state index in [0.717, 1.165) is 5.56 Å². The van der Waals surface area contributed by atoms with Crippen molar-refractivity contribution >= 4 is 5.91 Å². The maximum atomic E-state index is 11.6. The molecule has 116 valence electrons. The van der Waals surface area contributed by atoms with Crippen LogP contribution in [0.2, 0.25) is 0 Å². The SMILES string of the molecule is CC(C)NC(=O)CCOc1cc2c(cc1CCN)OCO2. The second-order valence-corrected chi connectivity index (χ2v) is 5.17. The van der Waals surface area contributed by atoms with E-state index in [0.29, 0.717) is 43.2 Å². The van der Waals surface area contributed by atoms with Gasteiger partial charge in [-0.15, -0.1) is 0 Å². The summed E-state index contributed by atoms with van der Waals surface area (Å²) in [6.45, 7) is 4.91. The Bertz CT molecular complexity index is 503. The van der Waals surface area contributed by atoms with Gasteiger partial charge in [0.1, 0.15) is 5.75 Å². The first kappa shape index (κ1) is 15.4. The Morgan fingerprint density at radius 1 is 1.38 bits per heavy atom. The van der Waals surface area contributed by atoms with Crippen LogP contribution in [0.25, 0.3) is 0 Å². The molecule has 0 spiro atoms. The third kappa shape index (κ3) is 4.26. The van der Waals surface area contributed by atoms with E-state index in [2.05, 4.69) is 5.32 Å². The number of hydrogen-bond acceptors (Lipinski definition) is 5. The highest BCUT2D eigenvalue weighted by molar-refractivity contribution is 5.76. The van der Waals surface area contributed by atoms with Crippen molar-refractivity contribution in [3.63, 3.8) is 0 Å². The summed E-state index contributed by atoms with van der Waals surface area (Å²) >= 11 is 0. The van der Waals surface area contributed by atoms with E-state index >= 15 is 0 Å². The first-order chi connectivity index (χ1) is 10.1. The van der Waals surface area contributed by atoms with Crippen LogP contribution >= 0.6 is 0 Å². The minimum atomic E-state index is -0.0221. The zero-order chi connectivity index (χ0) is 15.2. The van der Waals surface area contributed by atoms with Crippen molar-refractivity contribution in [2.24, 2.45) is 5.73 Å². The molecule has 3 N–H and O–H groups in total. The van der Waals surface area contributed by atoms with Gasteiger partial charge in [-0.2, -0.15) is 0 Å². The maximum Gasteiger partial charge on any atom is 0.231 e. The normalized spacial score (nSPS) is 12.6. The Morgan fingerprint density at radius 2 is 2.10 bits per heavy atom. The molecule has 1 aromatic carbocycles. The highest BCUT2D eigenvalue weighted by atomic mass is 16.7. The summed E-state index contributed by atoms with van der Waals surface area (Å²) in [4.78, 5) is 11.6. The quantitative estimate of drug-likeness (QED) is 0.790. The lowest BCUT2D eigenvalue weighted by Gasteiger charge is -2.13. The number of hydrogen-bond donors (Lipinski definition) is 2. The van der Waals surface area contributed by atoms with Gasteiger partial charge in [-0.3, -0.25) is 4.79 Å². The predicted octanol–water partition coefficient (Wildman–Crippen LogP) is 1.21. The molecule has 0 aliphatic carbocycles. The van der Waals surface area contributed by atoms with Crippen LogP contribution in [-0.4, -0.2) is 31.9 Å². The number of carbonyl (C=O) groups is 1. The summed E-state index contributed by atoms with van der Waals surface area (Å²) in [5.41, 5.74) is 6.58. The lowest BCUT2D eigenvalue weighted by atomic mass is 10.1. The van der Waals surface area contributed by atoms with Gasteiger partial charge in [-0.05, 0) is 38.4 Å². The molecular weight excluding hydrogens is 272 g/mol. The van der Waals surface area contributed by atoms with Crippen molar-refractivity contribution in [2.75, 3.05) is 19.9 Å². The van der Waals surface area contributed by atoms with E-state index in [1.54, 1.807) is 6.07 Å². The Morgan fingerprint density at radius 3 is 2.76 bits per heavy atom. The maximum absolute atomic E-state index is 11.6. The number of carbonyl (C=O) groups excluding carboxylic acids is 1. The monoisotopic (exact) mass is 294 g/mol. The van der Waals surface area contributed by atoms with Crippen LogP contribution in [0.1, 0.15) is 25.8 Å². The van der Waals surface area contributed by atoms with Gasteiger partial charge in [0.2, 0.25) is 12.7 Å². The van der Waals surface area contributed by atoms with Gasteiger partial charge in [0.05, 0.1) is 13.0 Å². The smallest absolute Gasteiger partial charge is 0.231 e. The van der Waals surface area contributed by atoms with E-state index < -0.39 is 0 Å². The minimum absolute atomic E-state index is 0.0221. The molecule has 1 aliphatic rings. The number of nitrogens with two attached hydrogens (primary N) is 1. The van der Waals surface area contributed by atoms with Crippen LogP contribution in [0.3, 0.4) is 0 Å². The Labute approximate surface area is 124 Å². The molecule has 1 aromatic rings. The van der Waals surface area contributed by atoms with Crippen molar-refractivity contribution in [1.29, 1.82) is 0 Å². The molecule has 1 heterocycles. The summed E-state index contributed by atoms with van der Waals surface area (Å²) < 4.78 is 16.4. The molecule has 1 amide bonds. The largest absolute Gasteiger partial charge is 0.493 e. The Balaban J connectivity index is 1.97. The van der Waals surface area contributed by atoms with Gasteiger partial charge in [0.25, 0.3) is 0 Å². The molecule has 0 saturated heterocycles. The molecule has 1 aliphatic heterocycles. The number of amides is 1. The topological polar surface area (TPSA) is 82.8 Å². The predicted molar refractivity (Wildman–Crippen MR) is 78.7 cm³/mol. The molecule has 6 heteroatoms. The molecule has 0 saturated carbocycles. The molecule has 0 radical (unpaired) electrons. The van der Waals surface area contributed by atoms with E-state index in [1.165, 1.54) is 0 Å². The molecule has 21 heavy (non-hydrogen) atoms. The molecule has 0 bridgehead atoms. The average molecular weight is 294 g/mol. The molecule has 0 atom stereocenters. The fourth-order valence-corrected chi connectivity index (χ4v) is 2.10. The van der Waals surface area contributed by atoms with Gasteiger partial charge in [0, 0.05) is 12.1 Å². The van der Waals surface area contributed by atoms with Crippen molar-refractivity contribution in [2.45, 2.75) is 32.7 Å². The first-order valence-corrected chi connectivity index (χ1v) is 7.15. The summed E-state index contributed by atoms with van der Waals surface area (Å²) in [7, 11) is 0. The van der Waals surface area contributed by atoms with Crippen LogP contribution in [-0.2, 0) is 11.2 Å². The Hall–Kier alpha value is -1.95. The lowest BCUT2D eigenvalue weighted by molar-refractivity contribution is -0.122. The van der Waals surface area contributed by atoms with Crippen LogP contribution in [0, 0.1) is 0 Å². The highest BCUT2D eigenvalue weighted by Crippen LogP contribution is 2.38. The van der Waals surface area contributed by atoms with Crippen molar-refractivity contribution in [1.82, 2.24) is 5.32 Å². The molecule has 2 rings (SSSR count). The fourth-order valence-electron chi connectivity index (χ4n) is 2.10. The van der Waals surface area contributed by atoms with Gasteiger partial charge in [-0.1, -0.05) is 0 Å². The van der Waals surface area contributed by atoms with E-state index in [4.69, 9.17) is 19.9 Å². The summed E-state index contributed by atoms with van der Waals surface area (Å²) in [6.07, 6.45) is 0.999. The molecule has 6 nitrogen and oxygen atoms in total. The van der Waals surface area contributed by atoms with Crippen molar-refractivity contribution in [3.8, 4) is 17.2 Å². The van der Waals surface area contributed by atoms with Gasteiger partial charge >= 0.3 is 0 Å². The third-order valence-corrected chi connectivity index (χ3v) is 3.01.